The predicted molar refractivity (Wildman–Crippen MR) is 127 cm³/mol. The summed E-state index contributed by atoms with van der Waals surface area (Å²) in [6.07, 6.45) is 1.07. The van der Waals surface area contributed by atoms with Crippen molar-refractivity contribution in [3.8, 4) is 11.8 Å². The number of hydrogen-bond acceptors (Lipinski definition) is 7. The Bertz CT molecular complexity index is 1320. The average Bonchev–Trinajstić information content (AvgIpc) is 2.82. The number of Topliss-reactive ketones (excluding diaryl/α,β-unsaturated/α-hetero) is 2. The second-order valence-electron chi connectivity index (χ2n) is 7.52. The molecule has 0 aromatic heterocycles. The van der Waals surface area contributed by atoms with Crippen LogP contribution < -0.4 is 9.75 Å². The zero-order valence-corrected chi connectivity index (χ0v) is 19.3. The first kappa shape index (κ1) is 23.4. The Labute approximate surface area is 204 Å². The molecule has 1 amide bonds. The minimum Gasteiger partial charge on any atom is -0.436 e. The molecule has 2 aliphatic rings. The first-order chi connectivity index (χ1) is 16.3. The van der Waals surface area contributed by atoms with Gasteiger partial charge < -0.3 is 4.74 Å². The second-order valence-corrected chi connectivity index (χ2v) is 8.33. The highest BCUT2D eigenvalue weighted by Crippen LogP contribution is 2.38. The molecule has 2 aliphatic heterocycles. The van der Waals surface area contributed by atoms with Gasteiger partial charge in [0.1, 0.15) is 12.6 Å². The molecule has 2 aromatic rings. The number of nitrogens with zero attached hydrogens (tertiary/aromatic N) is 4. The Morgan fingerprint density at radius 3 is 2.41 bits per heavy atom. The number of carbonyl (C=O) groups excluding carboxylic acids is 3. The van der Waals surface area contributed by atoms with Crippen molar-refractivity contribution < 1.29 is 19.1 Å². The van der Waals surface area contributed by atoms with E-state index in [4.69, 9.17) is 33.2 Å². The molecule has 10 heteroatoms. The molecule has 0 spiro atoms. The lowest BCUT2D eigenvalue weighted by molar-refractivity contribution is -0.124. The van der Waals surface area contributed by atoms with E-state index in [0.29, 0.717) is 5.57 Å². The Hall–Kier alpha value is -3.80. The van der Waals surface area contributed by atoms with Crippen molar-refractivity contribution in [2.24, 2.45) is 10.1 Å². The Balaban J connectivity index is 1.61. The van der Waals surface area contributed by atoms with Gasteiger partial charge in [0.25, 0.3) is 5.91 Å². The van der Waals surface area contributed by atoms with Gasteiger partial charge in [-0.1, -0.05) is 60.5 Å². The number of nitriles is 1. The number of rotatable bonds is 4. The van der Waals surface area contributed by atoms with Gasteiger partial charge in [0.05, 0.1) is 22.2 Å². The maximum Gasteiger partial charge on any atom is 0.255 e. The summed E-state index contributed by atoms with van der Waals surface area (Å²) in [4.78, 5) is 40.6. The number of benzene rings is 2. The number of hydrazone groups is 1. The van der Waals surface area contributed by atoms with E-state index in [1.807, 2.05) is 37.3 Å². The number of carbonyl (C=O) groups is 3. The number of amides is 1. The average molecular weight is 495 g/mol. The van der Waals surface area contributed by atoms with Crippen molar-refractivity contribution in [2.45, 2.75) is 19.3 Å². The van der Waals surface area contributed by atoms with Gasteiger partial charge in [0.2, 0.25) is 17.4 Å². The molecule has 34 heavy (non-hydrogen) atoms. The highest BCUT2D eigenvalue weighted by Gasteiger charge is 2.30. The minimum absolute atomic E-state index is 0.0477. The lowest BCUT2D eigenvalue weighted by atomic mass is 9.89. The third kappa shape index (κ3) is 4.62. The van der Waals surface area contributed by atoms with Crippen LogP contribution in [0.5, 0.6) is 5.75 Å². The van der Waals surface area contributed by atoms with E-state index in [2.05, 4.69) is 10.1 Å². The van der Waals surface area contributed by atoms with E-state index in [1.165, 1.54) is 12.1 Å². The van der Waals surface area contributed by atoms with E-state index in [0.717, 1.165) is 10.6 Å². The number of ketones is 2. The fourth-order valence-electron chi connectivity index (χ4n) is 3.51. The van der Waals surface area contributed by atoms with Gasteiger partial charge in [-0.2, -0.15) is 15.4 Å². The molecule has 2 heterocycles. The first-order valence-electron chi connectivity index (χ1n) is 10.1. The van der Waals surface area contributed by atoms with Gasteiger partial charge >= 0.3 is 0 Å². The van der Waals surface area contributed by atoms with Crippen LogP contribution in [0.25, 0.3) is 0 Å². The molecule has 1 unspecified atom stereocenters. The predicted octanol–water partition coefficient (Wildman–Crippen LogP) is 4.27. The van der Waals surface area contributed by atoms with Crippen LogP contribution in [0.4, 0.5) is 5.69 Å². The van der Waals surface area contributed by atoms with Crippen molar-refractivity contribution in [1.29, 1.82) is 5.26 Å². The number of hydrogen-bond donors (Lipinski definition) is 0. The molecule has 0 radical (unpaired) electrons. The van der Waals surface area contributed by atoms with Gasteiger partial charge in [-0.15, -0.1) is 0 Å². The number of anilines is 1. The molecule has 1 atom stereocenters. The molecule has 0 N–H and O–H groups in total. The van der Waals surface area contributed by atoms with Gasteiger partial charge in [-0.05, 0) is 17.7 Å². The zero-order valence-electron chi connectivity index (χ0n) is 17.8. The Kier molecular flexibility index (Phi) is 6.59. The van der Waals surface area contributed by atoms with E-state index >= 15 is 0 Å². The number of aliphatic imine (C=N–C) groups is 1. The van der Waals surface area contributed by atoms with E-state index in [9.17, 15) is 14.4 Å². The van der Waals surface area contributed by atoms with Gasteiger partial charge in [-0.3, -0.25) is 14.4 Å². The number of ether oxygens (including phenoxy) is 1. The number of dihydropyridines is 1. The lowest BCUT2D eigenvalue weighted by Crippen LogP contribution is -2.36. The maximum atomic E-state index is 12.5. The number of halogens is 2. The molecule has 8 nitrogen and oxygen atoms in total. The van der Waals surface area contributed by atoms with Gasteiger partial charge in [0.15, 0.2) is 11.5 Å². The summed E-state index contributed by atoms with van der Waals surface area (Å²) < 4.78 is 5.82. The first-order valence-corrected chi connectivity index (χ1v) is 10.9. The van der Waals surface area contributed by atoms with Crippen molar-refractivity contribution in [1.82, 2.24) is 0 Å². The normalized spacial score (nSPS) is 16.9. The quantitative estimate of drug-likeness (QED) is 0.588. The Morgan fingerprint density at radius 2 is 1.76 bits per heavy atom. The smallest absolute Gasteiger partial charge is 0.255 e. The SMILES string of the molecule is CC(C1=CC(Oc2c(Cl)cc(N3N=C(C#N)C(=O)CC3=O)cc2Cl)=NCC1=O)c1ccccc1. The van der Waals surface area contributed by atoms with Crippen LogP contribution in [-0.2, 0) is 14.4 Å². The minimum atomic E-state index is -0.655. The van der Waals surface area contributed by atoms with Crippen molar-refractivity contribution >= 4 is 58.0 Å². The molecular weight excluding hydrogens is 479 g/mol. The largest absolute Gasteiger partial charge is 0.436 e. The molecule has 2 aromatic carbocycles. The summed E-state index contributed by atoms with van der Waals surface area (Å²) in [5.41, 5.74) is 1.30. The van der Waals surface area contributed by atoms with Crippen LogP contribution in [-0.4, -0.2) is 35.6 Å². The monoisotopic (exact) mass is 494 g/mol. The fourth-order valence-corrected chi connectivity index (χ4v) is 4.07. The van der Waals surface area contributed by atoms with Crippen LogP contribution in [0.1, 0.15) is 24.8 Å². The highest BCUT2D eigenvalue weighted by atomic mass is 35.5. The third-order valence-electron chi connectivity index (χ3n) is 5.30. The van der Waals surface area contributed by atoms with Gasteiger partial charge in [0, 0.05) is 17.6 Å². The molecule has 0 bridgehead atoms. The summed E-state index contributed by atoms with van der Waals surface area (Å²) in [5, 5.41) is 13.8. The lowest BCUT2D eigenvalue weighted by Gasteiger charge is -2.22. The topological polar surface area (TPSA) is 112 Å². The van der Waals surface area contributed by atoms with Crippen LogP contribution in [0.2, 0.25) is 10.0 Å². The van der Waals surface area contributed by atoms with Crippen molar-refractivity contribution in [3.63, 3.8) is 0 Å². The molecule has 0 saturated carbocycles. The molecule has 0 saturated heterocycles. The summed E-state index contributed by atoms with van der Waals surface area (Å²) in [7, 11) is 0. The molecule has 4 rings (SSSR count). The molecule has 0 aliphatic carbocycles. The van der Waals surface area contributed by atoms with Crippen LogP contribution in [0, 0.1) is 11.3 Å². The van der Waals surface area contributed by atoms with Crippen LogP contribution >= 0.6 is 23.2 Å². The van der Waals surface area contributed by atoms with Crippen LogP contribution in [0.3, 0.4) is 0 Å². The highest BCUT2D eigenvalue weighted by molar-refractivity contribution is 6.50. The summed E-state index contributed by atoms with van der Waals surface area (Å²) in [5.74, 6) is -1.32. The van der Waals surface area contributed by atoms with Crippen LogP contribution in [0.15, 0.2) is 64.2 Å². The fraction of sp³-hybridized carbons (Fsp3) is 0.167. The van der Waals surface area contributed by atoms with E-state index in [1.54, 1.807) is 12.1 Å². The summed E-state index contributed by atoms with van der Waals surface area (Å²) >= 11 is 12.7. The summed E-state index contributed by atoms with van der Waals surface area (Å²) in [6, 6.07) is 14.0. The Morgan fingerprint density at radius 1 is 1.09 bits per heavy atom. The van der Waals surface area contributed by atoms with E-state index in [-0.39, 0.29) is 45.6 Å². The maximum absolute atomic E-state index is 12.5. The summed E-state index contributed by atoms with van der Waals surface area (Å²) in [6.45, 7) is 1.85. The second kappa shape index (κ2) is 9.59. The zero-order chi connectivity index (χ0) is 24.4. The molecule has 170 valence electrons. The third-order valence-corrected chi connectivity index (χ3v) is 5.86. The van der Waals surface area contributed by atoms with E-state index < -0.39 is 23.8 Å². The molecule has 0 fully saturated rings. The van der Waals surface area contributed by atoms with Crippen molar-refractivity contribution in [2.75, 3.05) is 11.6 Å². The van der Waals surface area contributed by atoms with Gasteiger partial charge in [-0.25, -0.2) is 4.99 Å². The van der Waals surface area contributed by atoms with Crippen molar-refractivity contribution in [3.05, 3.63) is 69.7 Å². The molecular formula is C24H16Cl2N4O4. The standard InChI is InChI=1S/C24H16Cl2N4O4/c1-13(14-5-3-2-4-6-14)16-9-22(28-12-21(16)32)34-24-17(25)7-15(8-18(24)26)30-23(33)10-20(31)19(11-27)29-30/h2-9,13H,10,12H2,1H3.